The quantitative estimate of drug-likeness (QED) is 0.184. The standard InChI is InChI=1S/C17H16N8O4S3/c26-6-18-9-3-8(9)14(30)19-12-15(27)24-13(17(28)29)7(5-32-16(12)24)4-31-11-2-1-10-20-22-23-25(10)21-11/h1-2,6,8-9,12,16H,3-5H2,(H,18,26)(H,19,30)(H,28,29)/t8-,9+,12?,16-/m0/s1. The van der Waals surface area contributed by atoms with E-state index in [0.717, 1.165) is 6.42 Å². The van der Waals surface area contributed by atoms with Gasteiger partial charge in [-0.3, -0.25) is 14.5 Å². The van der Waals surface area contributed by atoms with Crippen LogP contribution in [-0.2, 0) is 14.4 Å². The normalized spacial score (nSPS) is 26.4. The molecule has 4 atom stereocenters. The lowest BCUT2D eigenvalue weighted by Crippen LogP contribution is -2.70. The van der Waals surface area contributed by atoms with Crippen molar-refractivity contribution in [3.8, 4) is 0 Å². The third-order valence-corrected chi connectivity index (χ3v) is 8.16. The SMILES string of the molecule is O=CN[C@@H]1C[C@@H]1C(=S)NC1C(=O)N2C(C(=O)O)=C(CSc3ccc4nnnn4n3)CS[C@@H]12. The number of hydrogen-bond acceptors (Lipinski definition) is 10. The first kappa shape index (κ1) is 21.1. The maximum Gasteiger partial charge on any atom is 0.352 e. The largest absolute Gasteiger partial charge is 0.477 e. The summed E-state index contributed by atoms with van der Waals surface area (Å²) in [5, 5.41) is 31.2. The summed E-state index contributed by atoms with van der Waals surface area (Å²) in [6.45, 7) is 0. The monoisotopic (exact) mass is 492 g/mol. The minimum atomic E-state index is -1.14. The van der Waals surface area contributed by atoms with Crippen molar-refractivity contribution in [1.82, 2.24) is 40.8 Å². The van der Waals surface area contributed by atoms with E-state index in [1.54, 1.807) is 12.1 Å². The van der Waals surface area contributed by atoms with E-state index in [2.05, 4.69) is 31.3 Å². The van der Waals surface area contributed by atoms with Gasteiger partial charge in [0.15, 0.2) is 5.65 Å². The molecule has 2 fully saturated rings. The fourth-order valence-electron chi connectivity index (χ4n) is 3.68. The van der Waals surface area contributed by atoms with Crippen LogP contribution in [0.2, 0.25) is 0 Å². The van der Waals surface area contributed by atoms with E-state index in [4.69, 9.17) is 12.2 Å². The van der Waals surface area contributed by atoms with Gasteiger partial charge in [-0.2, -0.15) is 0 Å². The zero-order valence-corrected chi connectivity index (χ0v) is 18.7. The Morgan fingerprint density at radius 3 is 3.06 bits per heavy atom. The Kier molecular flexibility index (Phi) is 5.46. The minimum Gasteiger partial charge on any atom is -0.477 e. The number of β-lactam (4-membered cyclic amide) rings is 1. The molecule has 5 rings (SSSR count). The van der Waals surface area contributed by atoms with Gasteiger partial charge in [0.2, 0.25) is 6.41 Å². The molecule has 2 aromatic heterocycles. The Bertz CT molecular complexity index is 1170. The number of amides is 2. The first-order valence-corrected chi connectivity index (χ1v) is 12.0. The molecule has 2 amide bonds. The van der Waals surface area contributed by atoms with Gasteiger partial charge in [-0.05, 0) is 34.6 Å². The van der Waals surface area contributed by atoms with Gasteiger partial charge in [-0.25, -0.2) is 4.79 Å². The third kappa shape index (κ3) is 3.69. The van der Waals surface area contributed by atoms with Crippen molar-refractivity contribution >= 4 is 64.7 Å². The molecule has 15 heteroatoms. The molecule has 0 bridgehead atoms. The minimum absolute atomic E-state index is 0.00275. The molecule has 1 saturated carbocycles. The molecule has 166 valence electrons. The predicted octanol–water partition coefficient (Wildman–Crippen LogP) is -0.715. The van der Waals surface area contributed by atoms with Gasteiger partial charge in [0.25, 0.3) is 5.91 Å². The summed E-state index contributed by atoms with van der Waals surface area (Å²) in [5.41, 5.74) is 1.18. The highest BCUT2D eigenvalue weighted by atomic mass is 32.2. The number of aromatic nitrogens is 5. The number of carboxylic acid groups (broad SMARTS) is 1. The lowest BCUT2D eigenvalue weighted by Gasteiger charge is -2.49. The highest BCUT2D eigenvalue weighted by molar-refractivity contribution is 8.01. The molecule has 1 unspecified atom stereocenters. The van der Waals surface area contributed by atoms with Crippen LogP contribution in [-0.4, -0.2) is 87.5 Å². The number of carbonyl (C=O) groups is 3. The number of rotatable bonds is 8. The number of hydrogen-bond donors (Lipinski definition) is 3. The van der Waals surface area contributed by atoms with E-state index >= 15 is 0 Å². The second kappa shape index (κ2) is 8.29. The fourth-order valence-corrected chi connectivity index (χ4v) is 6.41. The van der Waals surface area contributed by atoms with E-state index in [1.807, 2.05) is 0 Å². The van der Waals surface area contributed by atoms with Crippen LogP contribution in [0.25, 0.3) is 5.65 Å². The molecule has 4 heterocycles. The van der Waals surface area contributed by atoms with Crippen LogP contribution in [0, 0.1) is 5.92 Å². The van der Waals surface area contributed by atoms with Gasteiger partial charge in [-0.1, -0.05) is 12.2 Å². The van der Waals surface area contributed by atoms with Crippen LogP contribution in [0.1, 0.15) is 6.42 Å². The molecule has 0 spiro atoms. The molecule has 3 N–H and O–H groups in total. The number of nitrogens with zero attached hydrogens (tertiary/aromatic N) is 6. The van der Waals surface area contributed by atoms with Crippen molar-refractivity contribution in [2.75, 3.05) is 11.5 Å². The predicted molar refractivity (Wildman–Crippen MR) is 118 cm³/mol. The molecule has 12 nitrogen and oxygen atoms in total. The van der Waals surface area contributed by atoms with Crippen molar-refractivity contribution in [3.63, 3.8) is 0 Å². The highest BCUT2D eigenvalue weighted by Gasteiger charge is 2.55. The molecule has 0 aromatic carbocycles. The summed E-state index contributed by atoms with van der Waals surface area (Å²) in [4.78, 5) is 37.2. The molecule has 1 saturated heterocycles. The van der Waals surface area contributed by atoms with Gasteiger partial charge < -0.3 is 15.7 Å². The summed E-state index contributed by atoms with van der Waals surface area (Å²) in [5.74, 6) is -0.611. The number of carbonyl (C=O) groups excluding carboxylic acids is 2. The van der Waals surface area contributed by atoms with Gasteiger partial charge in [-0.15, -0.1) is 38.4 Å². The third-order valence-electron chi connectivity index (χ3n) is 5.40. The van der Waals surface area contributed by atoms with Crippen molar-refractivity contribution < 1.29 is 19.5 Å². The highest BCUT2D eigenvalue weighted by Crippen LogP contribution is 2.42. The van der Waals surface area contributed by atoms with E-state index < -0.39 is 12.0 Å². The number of fused-ring (bicyclic) bond motifs is 2. The maximum atomic E-state index is 12.8. The van der Waals surface area contributed by atoms with Crippen molar-refractivity contribution in [1.29, 1.82) is 0 Å². The van der Waals surface area contributed by atoms with E-state index in [9.17, 15) is 19.5 Å². The van der Waals surface area contributed by atoms with E-state index in [1.165, 1.54) is 33.1 Å². The summed E-state index contributed by atoms with van der Waals surface area (Å²) in [6, 6.07) is 2.91. The van der Waals surface area contributed by atoms with Crippen molar-refractivity contribution in [2.45, 2.75) is 28.9 Å². The summed E-state index contributed by atoms with van der Waals surface area (Å²) in [6.07, 6.45) is 1.37. The van der Waals surface area contributed by atoms with Gasteiger partial charge in [0.05, 0.1) is 4.99 Å². The second-order valence-corrected chi connectivity index (χ2v) is 9.91. The van der Waals surface area contributed by atoms with E-state index in [0.29, 0.717) is 39.2 Å². The average Bonchev–Trinajstić information content (AvgIpc) is 3.40. The van der Waals surface area contributed by atoms with E-state index in [-0.39, 0.29) is 28.9 Å². The Hall–Kier alpha value is -2.78. The summed E-state index contributed by atoms with van der Waals surface area (Å²) >= 11 is 8.23. The van der Waals surface area contributed by atoms with Crippen molar-refractivity contribution in [2.24, 2.45) is 5.92 Å². The lowest BCUT2D eigenvalue weighted by molar-refractivity contribution is -0.148. The topological polar surface area (TPSA) is 155 Å². The van der Waals surface area contributed by atoms with Gasteiger partial charge >= 0.3 is 5.97 Å². The zero-order chi connectivity index (χ0) is 22.4. The van der Waals surface area contributed by atoms with Crippen molar-refractivity contribution in [3.05, 3.63) is 23.4 Å². The van der Waals surface area contributed by atoms with Crippen LogP contribution in [0.5, 0.6) is 0 Å². The van der Waals surface area contributed by atoms with Crippen LogP contribution >= 0.6 is 35.7 Å². The van der Waals surface area contributed by atoms with Gasteiger partial charge in [0, 0.05) is 23.5 Å². The maximum absolute atomic E-state index is 12.8. The molecule has 3 aliphatic rings. The number of nitrogens with one attached hydrogen (secondary N) is 2. The number of aliphatic carboxylic acids is 1. The smallest absolute Gasteiger partial charge is 0.352 e. The first-order chi connectivity index (χ1) is 15.5. The average molecular weight is 493 g/mol. The second-order valence-electron chi connectivity index (χ2n) is 7.37. The Labute approximate surface area is 194 Å². The van der Waals surface area contributed by atoms with Crippen LogP contribution in [0.15, 0.2) is 28.4 Å². The molecule has 2 aliphatic heterocycles. The molecular weight excluding hydrogens is 476 g/mol. The number of thiocarbonyl (C=S) groups is 1. The number of carboxylic acids is 1. The molecule has 1 aliphatic carbocycles. The van der Waals surface area contributed by atoms with Crippen LogP contribution < -0.4 is 10.6 Å². The fraction of sp³-hybridized carbons (Fsp3) is 0.412. The lowest BCUT2D eigenvalue weighted by atomic mass is 10.0. The molecule has 0 radical (unpaired) electrons. The van der Waals surface area contributed by atoms with Gasteiger partial charge in [0.1, 0.15) is 22.1 Å². The number of tetrazole rings is 1. The first-order valence-electron chi connectivity index (χ1n) is 9.56. The zero-order valence-electron chi connectivity index (χ0n) is 16.2. The van der Waals surface area contributed by atoms with Crippen LogP contribution in [0.4, 0.5) is 0 Å². The summed E-state index contributed by atoms with van der Waals surface area (Å²) < 4.78 is 1.30. The Morgan fingerprint density at radius 2 is 2.28 bits per heavy atom. The molecule has 2 aromatic rings. The van der Waals surface area contributed by atoms with Crippen LogP contribution in [0.3, 0.4) is 0 Å². The Balaban J connectivity index is 1.27. The Morgan fingerprint density at radius 1 is 1.44 bits per heavy atom. The molecule has 32 heavy (non-hydrogen) atoms. The number of thioether (sulfide) groups is 2. The molecular formula is C17H16N8O4S3. The summed E-state index contributed by atoms with van der Waals surface area (Å²) in [7, 11) is 0.